The molecule has 1 unspecified atom stereocenters. The van der Waals surface area contributed by atoms with Gasteiger partial charge in [0.25, 0.3) is 0 Å². The summed E-state index contributed by atoms with van der Waals surface area (Å²) in [5.41, 5.74) is 0. The van der Waals surface area contributed by atoms with Gasteiger partial charge in [-0.25, -0.2) is 0 Å². The van der Waals surface area contributed by atoms with Gasteiger partial charge in [0, 0.05) is 23.9 Å². The molecule has 0 saturated carbocycles. The lowest BCUT2D eigenvalue weighted by Gasteiger charge is -2.14. The number of nitrogens with one attached hydrogen (secondary N) is 1. The second-order valence-corrected chi connectivity index (χ2v) is 4.74. The number of hydrogen-bond donors (Lipinski definition) is 1. The van der Waals surface area contributed by atoms with Crippen molar-refractivity contribution in [2.24, 2.45) is 0 Å². The van der Waals surface area contributed by atoms with Crippen LogP contribution in [0.4, 0.5) is 0 Å². The highest BCUT2D eigenvalue weighted by molar-refractivity contribution is 7.10. The third-order valence-electron chi connectivity index (χ3n) is 2.64. The van der Waals surface area contributed by atoms with E-state index in [-0.39, 0.29) is 0 Å². The molecule has 0 aliphatic rings. The summed E-state index contributed by atoms with van der Waals surface area (Å²) in [6, 6.07) is 8.74. The van der Waals surface area contributed by atoms with E-state index in [0.717, 1.165) is 25.1 Å². The smallest absolute Gasteiger partial charge is 0.105 e. The molecule has 0 radical (unpaired) electrons. The van der Waals surface area contributed by atoms with Crippen LogP contribution in [0.25, 0.3) is 0 Å². The van der Waals surface area contributed by atoms with Crippen molar-refractivity contribution in [3.63, 3.8) is 0 Å². The van der Waals surface area contributed by atoms with Crippen molar-refractivity contribution >= 4 is 11.3 Å². The van der Waals surface area contributed by atoms with Gasteiger partial charge < -0.3 is 9.73 Å². The molecule has 0 bridgehead atoms. The molecule has 1 N–H and O–H groups in total. The molecule has 3 heteroatoms. The van der Waals surface area contributed by atoms with Crippen LogP contribution in [0.2, 0.25) is 0 Å². The fourth-order valence-corrected chi connectivity index (χ4v) is 2.65. The van der Waals surface area contributed by atoms with E-state index in [0.29, 0.717) is 6.04 Å². The minimum absolute atomic E-state index is 0.481. The van der Waals surface area contributed by atoms with E-state index in [4.69, 9.17) is 4.42 Å². The molecule has 16 heavy (non-hydrogen) atoms. The van der Waals surface area contributed by atoms with Crippen LogP contribution >= 0.6 is 11.3 Å². The molecule has 2 aromatic heterocycles. The Morgan fingerprint density at radius 2 is 2.31 bits per heavy atom. The zero-order valence-corrected chi connectivity index (χ0v) is 10.3. The van der Waals surface area contributed by atoms with Crippen LogP contribution in [0.3, 0.4) is 0 Å². The zero-order chi connectivity index (χ0) is 11.2. The molecule has 2 heterocycles. The predicted molar refractivity (Wildman–Crippen MR) is 67.8 cm³/mol. The van der Waals surface area contributed by atoms with Crippen LogP contribution in [-0.2, 0) is 6.42 Å². The van der Waals surface area contributed by atoms with Gasteiger partial charge in [0.15, 0.2) is 0 Å². The molecule has 2 nitrogen and oxygen atoms in total. The topological polar surface area (TPSA) is 25.2 Å². The lowest BCUT2D eigenvalue weighted by atomic mass is 10.2. The van der Waals surface area contributed by atoms with E-state index in [1.807, 2.05) is 23.5 Å². The SMILES string of the molecule is CCC(NCCc1ccco1)c1cccs1. The van der Waals surface area contributed by atoms with Crippen molar-refractivity contribution in [1.82, 2.24) is 5.32 Å². The van der Waals surface area contributed by atoms with Gasteiger partial charge in [0.2, 0.25) is 0 Å². The maximum Gasteiger partial charge on any atom is 0.105 e. The van der Waals surface area contributed by atoms with Gasteiger partial charge >= 0.3 is 0 Å². The van der Waals surface area contributed by atoms with Gasteiger partial charge in [-0.05, 0) is 30.0 Å². The minimum Gasteiger partial charge on any atom is -0.469 e. The first kappa shape index (κ1) is 11.4. The van der Waals surface area contributed by atoms with Gasteiger partial charge in [-0.1, -0.05) is 13.0 Å². The molecular weight excluding hydrogens is 218 g/mol. The maximum atomic E-state index is 5.30. The Balaban J connectivity index is 1.80. The van der Waals surface area contributed by atoms with Gasteiger partial charge in [-0.3, -0.25) is 0 Å². The van der Waals surface area contributed by atoms with E-state index in [1.165, 1.54) is 4.88 Å². The van der Waals surface area contributed by atoms with Crippen LogP contribution in [-0.4, -0.2) is 6.54 Å². The molecule has 0 aliphatic heterocycles. The standard InChI is InChI=1S/C13H17NOS/c1-2-12(13-6-4-10-16-13)14-8-7-11-5-3-9-15-11/h3-6,9-10,12,14H,2,7-8H2,1H3. The highest BCUT2D eigenvalue weighted by Crippen LogP contribution is 2.21. The van der Waals surface area contributed by atoms with Crippen LogP contribution in [0.5, 0.6) is 0 Å². The Morgan fingerprint density at radius 1 is 1.38 bits per heavy atom. The van der Waals surface area contributed by atoms with Crippen molar-refractivity contribution in [3.05, 3.63) is 46.5 Å². The highest BCUT2D eigenvalue weighted by Gasteiger charge is 2.09. The van der Waals surface area contributed by atoms with Crippen molar-refractivity contribution in [2.75, 3.05) is 6.54 Å². The van der Waals surface area contributed by atoms with E-state index < -0.39 is 0 Å². The fourth-order valence-electron chi connectivity index (χ4n) is 1.76. The molecule has 0 aromatic carbocycles. The highest BCUT2D eigenvalue weighted by atomic mass is 32.1. The molecule has 0 aliphatic carbocycles. The zero-order valence-electron chi connectivity index (χ0n) is 9.48. The summed E-state index contributed by atoms with van der Waals surface area (Å²) in [6.07, 6.45) is 3.81. The Morgan fingerprint density at radius 3 is 2.94 bits per heavy atom. The summed E-state index contributed by atoms with van der Waals surface area (Å²) in [5, 5.41) is 5.69. The van der Waals surface area contributed by atoms with Crippen molar-refractivity contribution in [1.29, 1.82) is 0 Å². The summed E-state index contributed by atoms with van der Waals surface area (Å²) in [7, 11) is 0. The lowest BCUT2D eigenvalue weighted by molar-refractivity contribution is 0.474. The summed E-state index contributed by atoms with van der Waals surface area (Å²) >= 11 is 1.82. The average Bonchev–Trinajstić information content (AvgIpc) is 2.96. The second-order valence-electron chi connectivity index (χ2n) is 3.76. The number of thiophene rings is 1. The van der Waals surface area contributed by atoms with Crippen LogP contribution in [0, 0.1) is 0 Å². The fraction of sp³-hybridized carbons (Fsp3) is 0.385. The molecule has 0 amide bonds. The summed E-state index contributed by atoms with van der Waals surface area (Å²) < 4.78 is 5.30. The van der Waals surface area contributed by atoms with Gasteiger partial charge in [-0.2, -0.15) is 0 Å². The summed E-state index contributed by atoms with van der Waals surface area (Å²) in [6.45, 7) is 3.17. The number of furan rings is 1. The summed E-state index contributed by atoms with van der Waals surface area (Å²) in [5.74, 6) is 1.05. The molecule has 2 rings (SSSR count). The molecular formula is C13H17NOS. The van der Waals surface area contributed by atoms with E-state index in [2.05, 4.69) is 29.8 Å². The normalized spacial score (nSPS) is 12.8. The molecule has 86 valence electrons. The van der Waals surface area contributed by atoms with Crippen molar-refractivity contribution < 1.29 is 4.42 Å². The van der Waals surface area contributed by atoms with Crippen molar-refractivity contribution in [2.45, 2.75) is 25.8 Å². The van der Waals surface area contributed by atoms with Gasteiger partial charge in [0.1, 0.15) is 5.76 Å². The first-order chi connectivity index (χ1) is 7.90. The Bertz CT molecular complexity index is 380. The first-order valence-electron chi connectivity index (χ1n) is 5.69. The average molecular weight is 235 g/mol. The maximum absolute atomic E-state index is 5.30. The number of rotatable bonds is 6. The second kappa shape index (κ2) is 5.87. The quantitative estimate of drug-likeness (QED) is 0.827. The summed E-state index contributed by atoms with van der Waals surface area (Å²) in [4.78, 5) is 1.42. The monoisotopic (exact) mass is 235 g/mol. The third kappa shape index (κ3) is 2.97. The Kier molecular flexibility index (Phi) is 4.19. The number of hydrogen-bond acceptors (Lipinski definition) is 3. The van der Waals surface area contributed by atoms with Crippen LogP contribution in [0.15, 0.2) is 40.3 Å². The van der Waals surface area contributed by atoms with Crippen LogP contribution < -0.4 is 5.32 Å². The largest absolute Gasteiger partial charge is 0.469 e. The van der Waals surface area contributed by atoms with Crippen LogP contribution in [0.1, 0.15) is 30.0 Å². The third-order valence-corrected chi connectivity index (χ3v) is 3.62. The van der Waals surface area contributed by atoms with E-state index in [1.54, 1.807) is 6.26 Å². The predicted octanol–water partition coefficient (Wildman–Crippen LogP) is 3.62. The van der Waals surface area contributed by atoms with Gasteiger partial charge in [0.05, 0.1) is 6.26 Å². The molecule has 0 spiro atoms. The Hall–Kier alpha value is -1.06. The lowest BCUT2D eigenvalue weighted by Crippen LogP contribution is -2.22. The molecule has 0 fully saturated rings. The van der Waals surface area contributed by atoms with E-state index in [9.17, 15) is 0 Å². The van der Waals surface area contributed by atoms with E-state index >= 15 is 0 Å². The molecule has 0 saturated heterocycles. The van der Waals surface area contributed by atoms with Crippen molar-refractivity contribution in [3.8, 4) is 0 Å². The molecule has 1 atom stereocenters. The first-order valence-corrected chi connectivity index (χ1v) is 6.57. The van der Waals surface area contributed by atoms with Gasteiger partial charge in [-0.15, -0.1) is 11.3 Å². The Labute approximate surface area is 100 Å². The minimum atomic E-state index is 0.481. The molecule has 2 aromatic rings.